The van der Waals surface area contributed by atoms with Crippen molar-refractivity contribution in [3.8, 4) is 0 Å². The number of nitrogen functional groups attached to an aromatic ring is 1. The number of carbonyl (C=O) groups is 1. The van der Waals surface area contributed by atoms with Gasteiger partial charge in [-0.25, -0.2) is 4.79 Å². The fraction of sp³-hybridized carbons (Fsp3) is 0.781. The summed E-state index contributed by atoms with van der Waals surface area (Å²) < 4.78 is 11.9. The Morgan fingerprint density at radius 3 is 2.23 bits per heavy atom. The second kappa shape index (κ2) is 12.9. The topological polar surface area (TPSA) is 80.1 Å². The Kier molecular flexibility index (Phi) is 10.5. The second-order valence-electron chi connectivity index (χ2n) is 15.0. The zero-order chi connectivity index (χ0) is 29.8. The molecule has 3 rings (SSSR count). The van der Waals surface area contributed by atoms with Crippen molar-refractivity contribution in [3.63, 3.8) is 0 Å². The van der Waals surface area contributed by atoms with Gasteiger partial charge < -0.3 is 30.0 Å². The molecule has 0 saturated carbocycles. The molecule has 7 nitrogen and oxygen atoms in total. The van der Waals surface area contributed by atoms with Gasteiger partial charge in [-0.2, -0.15) is 0 Å². The van der Waals surface area contributed by atoms with E-state index in [-0.39, 0.29) is 11.1 Å². The molecule has 8 heteroatoms. The highest BCUT2D eigenvalue weighted by Crippen LogP contribution is 2.43. The van der Waals surface area contributed by atoms with Gasteiger partial charge in [0.25, 0.3) is 0 Å². The van der Waals surface area contributed by atoms with Crippen molar-refractivity contribution >= 4 is 31.5 Å². The van der Waals surface area contributed by atoms with Crippen LogP contribution in [0.5, 0.6) is 0 Å². The van der Waals surface area contributed by atoms with Crippen LogP contribution in [0.1, 0.15) is 87.0 Å². The molecule has 0 aromatic heterocycles. The Bertz CT molecular complexity index is 967. The number of ether oxygens (including phenoxy) is 1. The van der Waals surface area contributed by atoms with Gasteiger partial charge in [-0.1, -0.05) is 27.7 Å². The SMILES string of the molecule is C[C@H](CCCO[Si](C)(C)C(C)(C)C)CNc1cc(N2CCC3(CCN(C(=O)OC(C)(C)C)CC3)CC2)ccc1N. The van der Waals surface area contributed by atoms with E-state index >= 15 is 0 Å². The first-order valence-corrected chi connectivity index (χ1v) is 18.4. The van der Waals surface area contributed by atoms with Crippen molar-refractivity contribution in [2.75, 3.05) is 55.3 Å². The third kappa shape index (κ3) is 9.03. The lowest BCUT2D eigenvalue weighted by Gasteiger charge is -2.47. The molecule has 2 aliphatic rings. The molecule has 3 N–H and O–H groups in total. The molecular weight excluding hydrogens is 516 g/mol. The Morgan fingerprint density at radius 1 is 1.05 bits per heavy atom. The molecule has 40 heavy (non-hydrogen) atoms. The van der Waals surface area contributed by atoms with Crippen LogP contribution in [0.4, 0.5) is 21.9 Å². The maximum absolute atomic E-state index is 12.5. The largest absolute Gasteiger partial charge is 0.444 e. The van der Waals surface area contributed by atoms with E-state index in [1.54, 1.807) is 0 Å². The molecule has 2 aliphatic heterocycles. The van der Waals surface area contributed by atoms with Crippen molar-refractivity contribution in [1.29, 1.82) is 0 Å². The molecule has 0 bridgehead atoms. The van der Waals surface area contributed by atoms with Crippen LogP contribution < -0.4 is 16.0 Å². The van der Waals surface area contributed by atoms with Gasteiger partial charge in [0.1, 0.15) is 5.60 Å². The molecule has 2 saturated heterocycles. The van der Waals surface area contributed by atoms with Crippen molar-refractivity contribution in [2.24, 2.45) is 11.3 Å². The van der Waals surface area contributed by atoms with Crippen LogP contribution in [0, 0.1) is 11.3 Å². The van der Waals surface area contributed by atoms with Gasteiger partial charge >= 0.3 is 6.09 Å². The summed E-state index contributed by atoms with van der Waals surface area (Å²) in [5.74, 6) is 0.549. The third-order valence-electron chi connectivity index (χ3n) is 9.45. The molecule has 2 fully saturated rings. The molecule has 1 spiro atoms. The monoisotopic (exact) mass is 574 g/mol. The van der Waals surface area contributed by atoms with Gasteiger partial charge in [0.15, 0.2) is 8.32 Å². The van der Waals surface area contributed by atoms with E-state index < -0.39 is 13.9 Å². The zero-order valence-corrected chi connectivity index (χ0v) is 28.0. The second-order valence-corrected chi connectivity index (χ2v) is 19.8. The van der Waals surface area contributed by atoms with Crippen LogP contribution in [-0.4, -0.2) is 64.2 Å². The fourth-order valence-electron chi connectivity index (χ4n) is 5.49. The summed E-state index contributed by atoms with van der Waals surface area (Å²) in [6.45, 7) is 25.1. The average Bonchev–Trinajstić information content (AvgIpc) is 2.85. The van der Waals surface area contributed by atoms with Gasteiger partial charge in [0, 0.05) is 45.0 Å². The maximum atomic E-state index is 12.5. The minimum atomic E-state index is -1.66. The smallest absolute Gasteiger partial charge is 0.410 e. The fourth-order valence-corrected chi connectivity index (χ4v) is 6.57. The van der Waals surface area contributed by atoms with E-state index in [1.165, 1.54) is 5.69 Å². The third-order valence-corrected chi connectivity index (χ3v) is 14.0. The first-order chi connectivity index (χ1) is 18.5. The number of nitrogens with one attached hydrogen (secondary N) is 1. The van der Waals surface area contributed by atoms with Crippen molar-refractivity contribution in [2.45, 2.75) is 111 Å². The molecule has 1 amide bonds. The summed E-state index contributed by atoms with van der Waals surface area (Å²) in [6.07, 6.45) is 6.51. The predicted molar refractivity (Wildman–Crippen MR) is 172 cm³/mol. The molecule has 0 unspecified atom stereocenters. The van der Waals surface area contributed by atoms with Crippen LogP contribution >= 0.6 is 0 Å². The molecule has 0 aliphatic carbocycles. The number of carbonyl (C=O) groups excluding carboxylic acids is 1. The summed E-state index contributed by atoms with van der Waals surface area (Å²) in [7, 11) is -1.66. The first kappa shape index (κ1) is 32.6. The number of likely N-dealkylation sites (tertiary alicyclic amines) is 1. The van der Waals surface area contributed by atoms with Crippen molar-refractivity contribution < 1.29 is 14.0 Å². The summed E-state index contributed by atoms with van der Waals surface area (Å²) in [4.78, 5) is 16.9. The molecule has 1 aromatic carbocycles. The molecule has 1 atom stereocenters. The van der Waals surface area contributed by atoms with E-state index in [0.717, 1.165) is 89.2 Å². The number of benzene rings is 1. The van der Waals surface area contributed by atoms with E-state index in [1.807, 2.05) is 31.7 Å². The molecular formula is C32H58N4O3Si. The summed E-state index contributed by atoms with van der Waals surface area (Å²) in [5, 5.41) is 3.89. The summed E-state index contributed by atoms with van der Waals surface area (Å²) in [6, 6.07) is 6.43. The Hall–Kier alpha value is -1.93. The van der Waals surface area contributed by atoms with E-state index in [0.29, 0.717) is 11.3 Å². The van der Waals surface area contributed by atoms with Gasteiger partial charge in [-0.15, -0.1) is 0 Å². The number of anilines is 3. The zero-order valence-electron chi connectivity index (χ0n) is 27.0. The summed E-state index contributed by atoms with van der Waals surface area (Å²) in [5.41, 5.74) is 9.35. The first-order valence-electron chi connectivity index (χ1n) is 15.5. The predicted octanol–water partition coefficient (Wildman–Crippen LogP) is 7.74. The average molecular weight is 575 g/mol. The van der Waals surface area contributed by atoms with Gasteiger partial charge in [-0.05, 0) is 107 Å². The number of amides is 1. The van der Waals surface area contributed by atoms with Crippen LogP contribution in [0.25, 0.3) is 0 Å². The van der Waals surface area contributed by atoms with Crippen molar-refractivity contribution in [1.82, 2.24) is 4.90 Å². The van der Waals surface area contributed by atoms with E-state index in [2.05, 4.69) is 63.1 Å². The lowest BCUT2D eigenvalue weighted by Crippen LogP contribution is -2.49. The minimum Gasteiger partial charge on any atom is -0.444 e. The number of hydrogen-bond donors (Lipinski definition) is 2. The number of nitrogens with two attached hydrogens (primary N) is 1. The summed E-state index contributed by atoms with van der Waals surface area (Å²) >= 11 is 0. The molecule has 228 valence electrons. The highest BCUT2D eigenvalue weighted by atomic mass is 28.4. The lowest BCUT2D eigenvalue weighted by molar-refractivity contribution is 0.00666. The van der Waals surface area contributed by atoms with Crippen LogP contribution in [0.3, 0.4) is 0 Å². The van der Waals surface area contributed by atoms with Gasteiger partial charge in [0.05, 0.1) is 11.4 Å². The highest BCUT2D eigenvalue weighted by Gasteiger charge is 2.39. The van der Waals surface area contributed by atoms with E-state index in [4.69, 9.17) is 14.9 Å². The standard InChI is InChI=1S/C32H58N4O3Si/c1-25(11-10-22-38-40(8,9)31(5,6)7)24-34-28-23-26(12-13-27(28)33)35-18-14-32(15-19-35)16-20-36(21-17-32)29(37)39-30(2,3)4/h12-13,23,25,34H,10-11,14-22,24,33H2,1-9H3/t25-/m1/s1. The Labute approximate surface area is 245 Å². The normalized spacial score (nSPS) is 19.0. The number of piperidine rings is 2. The van der Waals surface area contributed by atoms with Crippen LogP contribution in [0.15, 0.2) is 18.2 Å². The lowest BCUT2D eigenvalue weighted by atomic mass is 9.71. The highest BCUT2D eigenvalue weighted by molar-refractivity contribution is 6.74. The Morgan fingerprint density at radius 2 is 1.65 bits per heavy atom. The maximum Gasteiger partial charge on any atom is 0.410 e. The number of rotatable bonds is 9. The van der Waals surface area contributed by atoms with Crippen LogP contribution in [-0.2, 0) is 9.16 Å². The number of nitrogens with zero attached hydrogens (tertiary/aromatic N) is 2. The minimum absolute atomic E-state index is 0.171. The van der Waals surface area contributed by atoms with Crippen LogP contribution in [0.2, 0.25) is 18.1 Å². The molecule has 0 radical (unpaired) electrons. The quantitative estimate of drug-likeness (QED) is 0.178. The van der Waals surface area contributed by atoms with Gasteiger partial charge in [-0.3, -0.25) is 0 Å². The Balaban J connectivity index is 1.44. The number of hydrogen-bond acceptors (Lipinski definition) is 6. The molecule has 1 aromatic rings. The van der Waals surface area contributed by atoms with Crippen molar-refractivity contribution in [3.05, 3.63) is 18.2 Å². The van der Waals surface area contributed by atoms with Gasteiger partial charge in [0.2, 0.25) is 0 Å². The van der Waals surface area contributed by atoms with E-state index in [9.17, 15) is 4.79 Å². The molecule has 2 heterocycles.